The second-order valence-corrected chi connectivity index (χ2v) is 5.73. The topological polar surface area (TPSA) is 15.3 Å². The second kappa shape index (κ2) is 4.34. The predicted octanol–water partition coefficient (Wildman–Crippen LogP) is 2.66. The summed E-state index contributed by atoms with van der Waals surface area (Å²) in [6.45, 7) is 5.91. The standard InChI is InChI=1S/C15H22N2/c1-15(13-8-9-13)12-17(11-5-10-16-15)14-6-3-2-4-7-14/h2-4,6-7,13,16H,5,8-12H2,1H3. The number of hydrogen-bond donors (Lipinski definition) is 1. The van der Waals surface area contributed by atoms with Crippen molar-refractivity contribution in [3.05, 3.63) is 30.3 Å². The normalized spacial score (nSPS) is 30.1. The van der Waals surface area contributed by atoms with E-state index in [0.717, 1.165) is 19.0 Å². The molecule has 1 aromatic rings. The van der Waals surface area contributed by atoms with Crippen LogP contribution in [0.5, 0.6) is 0 Å². The molecule has 2 aliphatic rings. The van der Waals surface area contributed by atoms with Crippen LogP contribution in [0, 0.1) is 5.92 Å². The Bertz CT molecular complexity index is 372. The molecule has 92 valence electrons. The molecule has 0 radical (unpaired) electrons. The van der Waals surface area contributed by atoms with Gasteiger partial charge in [-0.2, -0.15) is 0 Å². The zero-order valence-corrected chi connectivity index (χ0v) is 10.7. The Morgan fingerprint density at radius 2 is 2.00 bits per heavy atom. The summed E-state index contributed by atoms with van der Waals surface area (Å²) in [6.07, 6.45) is 4.06. The smallest absolute Gasteiger partial charge is 0.0366 e. The molecule has 1 atom stereocenters. The van der Waals surface area contributed by atoms with Crippen LogP contribution in [0.3, 0.4) is 0 Å². The molecule has 1 heterocycles. The maximum absolute atomic E-state index is 3.78. The Hall–Kier alpha value is -1.02. The van der Waals surface area contributed by atoms with Gasteiger partial charge in [0.25, 0.3) is 0 Å². The van der Waals surface area contributed by atoms with Gasteiger partial charge in [0.15, 0.2) is 0 Å². The van der Waals surface area contributed by atoms with Crippen molar-refractivity contribution in [2.75, 3.05) is 24.5 Å². The van der Waals surface area contributed by atoms with Crippen LogP contribution < -0.4 is 10.2 Å². The average molecular weight is 230 g/mol. The van der Waals surface area contributed by atoms with Crippen molar-refractivity contribution >= 4 is 5.69 Å². The molecule has 0 amide bonds. The Labute approximate surface area is 104 Å². The largest absolute Gasteiger partial charge is 0.370 e. The van der Waals surface area contributed by atoms with Crippen LogP contribution in [0.4, 0.5) is 5.69 Å². The van der Waals surface area contributed by atoms with Gasteiger partial charge in [0.2, 0.25) is 0 Å². The first kappa shape index (κ1) is 11.1. The van der Waals surface area contributed by atoms with Crippen LogP contribution in [0.15, 0.2) is 30.3 Å². The zero-order valence-electron chi connectivity index (χ0n) is 10.7. The van der Waals surface area contributed by atoms with E-state index in [1.54, 1.807) is 0 Å². The molecule has 1 saturated heterocycles. The Kier molecular flexibility index (Phi) is 2.83. The molecule has 2 nitrogen and oxygen atoms in total. The van der Waals surface area contributed by atoms with E-state index in [-0.39, 0.29) is 0 Å². The summed E-state index contributed by atoms with van der Waals surface area (Å²) in [6, 6.07) is 10.8. The molecule has 1 N–H and O–H groups in total. The summed E-state index contributed by atoms with van der Waals surface area (Å²) in [5, 5.41) is 3.78. The number of rotatable bonds is 2. The highest BCUT2D eigenvalue weighted by molar-refractivity contribution is 5.46. The number of nitrogens with zero attached hydrogens (tertiary/aromatic N) is 1. The van der Waals surface area contributed by atoms with E-state index in [1.165, 1.54) is 31.5 Å². The lowest BCUT2D eigenvalue weighted by Crippen LogP contribution is -2.51. The summed E-state index contributed by atoms with van der Waals surface area (Å²) in [4.78, 5) is 2.55. The quantitative estimate of drug-likeness (QED) is 0.840. The Morgan fingerprint density at radius 1 is 1.24 bits per heavy atom. The van der Waals surface area contributed by atoms with Gasteiger partial charge in [-0.05, 0) is 50.8 Å². The predicted molar refractivity (Wildman–Crippen MR) is 72.4 cm³/mol. The summed E-state index contributed by atoms with van der Waals surface area (Å²) in [7, 11) is 0. The summed E-state index contributed by atoms with van der Waals surface area (Å²) in [5.41, 5.74) is 1.70. The van der Waals surface area contributed by atoms with Gasteiger partial charge in [0.05, 0.1) is 0 Å². The van der Waals surface area contributed by atoms with Crippen molar-refractivity contribution in [2.24, 2.45) is 5.92 Å². The van der Waals surface area contributed by atoms with Gasteiger partial charge in [0.1, 0.15) is 0 Å². The van der Waals surface area contributed by atoms with E-state index in [1.807, 2.05) is 0 Å². The van der Waals surface area contributed by atoms with E-state index in [0.29, 0.717) is 5.54 Å². The van der Waals surface area contributed by atoms with Crippen molar-refractivity contribution in [3.63, 3.8) is 0 Å². The second-order valence-electron chi connectivity index (χ2n) is 5.73. The molecule has 1 aromatic carbocycles. The molecule has 1 saturated carbocycles. The van der Waals surface area contributed by atoms with E-state index in [9.17, 15) is 0 Å². The SMILES string of the molecule is CC1(C2CC2)CN(c2ccccc2)CCCN1. The molecule has 0 spiro atoms. The fourth-order valence-electron chi connectivity index (χ4n) is 3.03. The summed E-state index contributed by atoms with van der Waals surface area (Å²) >= 11 is 0. The minimum atomic E-state index is 0.326. The molecular weight excluding hydrogens is 208 g/mol. The van der Waals surface area contributed by atoms with E-state index in [4.69, 9.17) is 0 Å². The molecule has 1 aliphatic carbocycles. The third kappa shape index (κ3) is 2.32. The Morgan fingerprint density at radius 3 is 2.71 bits per heavy atom. The summed E-state index contributed by atoms with van der Waals surface area (Å²) < 4.78 is 0. The van der Waals surface area contributed by atoms with Crippen LogP contribution >= 0.6 is 0 Å². The minimum absolute atomic E-state index is 0.326. The monoisotopic (exact) mass is 230 g/mol. The van der Waals surface area contributed by atoms with Crippen molar-refractivity contribution in [3.8, 4) is 0 Å². The molecule has 17 heavy (non-hydrogen) atoms. The van der Waals surface area contributed by atoms with Gasteiger partial charge in [-0.1, -0.05) is 18.2 Å². The maximum Gasteiger partial charge on any atom is 0.0366 e. The van der Waals surface area contributed by atoms with E-state index < -0.39 is 0 Å². The van der Waals surface area contributed by atoms with Crippen LogP contribution in [0.2, 0.25) is 0 Å². The number of para-hydroxylation sites is 1. The molecule has 0 bridgehead atoms. The lowest BCUT2D eigenvalue weighted by molar-refractivity contribution is 0.331. The molecule has 1 unspecified atom stereocenters. The van der Waals surface area contributed by atoms with Gasteiger partial charge < -0.3 is 10.2 Å². The Balaban J connectivity index is 1.80. The number of nitrogens with one attached hydrogen (secondary N) is 1. The lowest BCUT2D eigenvalue weighted by atomic mass is 9.95. The first-order valence-electron chi connectivity index (χ1n) is 6.83. The van der Waals surface area contributed by atoms with Gasteiger partial charge in [-0.15, -0.1) is 0 Å². The van der Waals surface area contributed by atoms with Gasteiger partial charge >= 0.3 is 0 Å². The third-order valence-electron chi connectivity index (χ3n) is 4.25. The molecule has 1 aliphatic heterocycles. The fraction of sp³-hybridized carbons (Fsp3) is 0.600. The fourth-order valence-corrected chi connectivity index (χ4v) is 3.03. The number of hydrogen-bond acceptors (Lipinski definition) is 2. The van der Waals surface area contributed by atoms with Gasteiger partial charge in [0, 0.05) is 24.3 Å². The van der Waals surface area contributed by atoms with Crippen LogP contribution in [-0.2, 0) is 0 Å². The number of benzene rings is 1. The van der Waals surface area contributed by atoms with Crippen molar-refractivity contribution in [2.45, 2.75) is 31.7 Å². The van der Waals surface area contributed by atoms with Gasteiger partial charge in [-0.3, -0.25) is 0 Å². The minimum Gasteiger partial charge on any atom is -0.370 e. The van der Waals surface area contributed by atoms with E-state index >= 15 is 0 Å². The van der Waals surface area contributed by atoms with Crippen LogP contribution in [0.1, 0.15) is 26.2 Å². The maximum atomic E-state index is 3.78. The average Bonchev–Trinajstić information content (AvgIpc) is 3.17. The van der Waals surface area contributed by atoms with Crippen LogP contribution in [0.25, 0.3) is 0 Å². The molecule has 3 rings (SSSR count). The summed E-state index contributed by atoms with van der Waals surface area (Å²) in [5.74, 6) is 0.895. The highest BCUT2D eigenvalue weighted by Gasteiger charge is 2.42. The van der Waals surface area contributed by atoms with Gasteiger partial charge in [-0.25, -0.2) is 0 Å². The first-order valence-corrected chi connectivity index (χ1v) is 6.83. The molecular formula is C15H22N2. The lowest BCUT2D eigenvalue weighted by Gasteiger charge is -2.35. The third-order valence-corrected chi connectivity index (χ3v) is 4.25. The van der Waals surface area contributed by atoms with Crippen molar-refractivity contribution < 1.29 is 0 Å². The first-order chi connectivity index (χ1) is 8.28. The van der Waals surface area contributed by atoms with Crippen molar-refractivity contribution in [1.29, 1.82) is 0 Å². The van der Waals surface area contributed by atoms with E-state index in [2.05, 4.69) is 47.5 Å². The highest BCUT2D eigenvalue weighted by atomic mass is 15.2. The zero-order chi connectivity index (χ0) is 11.7. The molecule has 2 fully saturated rings. The molecule has 2 heteroatoms. The highest BCUT2D eigenvalue weighted by Crippen LogP contribution is 2.41. The van der Waals surface area contributed by atoms with Crippen LogP contribution in [-0.4, -0.2) is 25.2 Å². The van der Waals surface area contributed by atoms with Crippen molar-refractivity contribution in [1.82, 2.24) is 5.32 Å². The number of anilines is 1. The molecule has 0 aromatic heterocycles.